The monoisotopic (exact) mass is 347 g/mol. The number of aromatic nitrogens is 5. The van der Waals surface area contributed by atoms with Gasteiger partial charge < -0.3 is 10.2 Å². The number of nitrogens with zero attached hydrogens (tertiary/aromatic N) is 6. The van der Waals surface area contributed by atoms with E-state index in [-0.39, 0.29) is 0 Å². The van der Waals surface area contributed by atoms with E-state index in [1.54, 1.807) is 0 Å². The van der Waals surface area contributed by atoms with E-state index in [1.807, 2.05) is 43.5 Å². The average Bonchev–Trinajstić information content (AvgIpc) is 3.32. The maximum atomic E-state index is 4.88. The van der Waals surface area contributed by atoms with Crippen molar-refractivity contribution < 1.29 is 0 Å². The molecule has 1 aliphatic heterocycles. The number of aryl methyl sites for hydroxylation is 1. The summed E-state index contributed by atoms with van der Waals surface area (Å²) in [5.74, 6) is 3.43. The number of hydrogen-bond acceptors (Lipinski definition) is 6. The third-order valence-corrected chi connectivity index (χ3v) is 5.26. The molecule has 7 nitrogen and oxygen atoms in total. The molecular formula is C19H21N7. The van der Waals surface area contributed by atoms with Crippen molar-refractivity contribution >= 4 is 17.5 Å². The average molecular weight is 347 g/mol. The Hall–Kier alpha value is -2.96. The lowest BCUT2D eigenvalue weighted by Gasteiger charge is -2.35. The van der Waals surface area contributed by atoms with Crippen LogP contribution < -0.4 is 10.2 Å². The van der Waals surface area contributed by atoms with E-state index >= 15 is 0 Å². The number of benzene rings is 1. The highest BCUT2D eigenvalue weighted by atomic mass is 15.4. The van der Waals surface area contributed by atoms with Crippen molar-refractivity contribution in [3.8, 4) is 5.69 Å². The molecule has 3 aromatic rings. The number of hydrogen-bond donors (Lipinski definition) is 1. The molecule has 1 N–H and O–H groups in total. The third-order valence-electron chi connectivity index (χ3n) is 5.26. The second kappa shape index (κ2) is 6.09. The number of rotatable bonds is 3. The van der Waals surface area contributed by atoms with Gasteiger partial charge >= 0.3 is 0 Å². The Bertz CT molecular complexity index is 928. The van der Waals surface area contributed by atoms with E-state index in [9.17, 15) is 0 Å². The summed E-state index contributed by atoms with van der Waals surface area (Å²) in [5.41, 5.74) is 1.95. The molecule has 0 bridgehead atoms. The normalized spacial score (nSPS) is 16.4. The van der Waals surface area contributed by atoms with E-state index in [2.05, 4.69) is 30.0 Å². The molecule has 0 saturated heterocycles. The minimum absolute atomic E-state index is 0.513. The van der Waals surface area contributed by atoms with Crippen molar-refractivity contribution in [2.75, 3.05) is 10.2 Å². The summed E-state index contributed by atoms with van der Waals surface area (Å²) in [6.45, 7) is 2.72. The van der Waals surface area contributed by atoms with Crippen molar-refractivity contribution in [1.29, 1.82) is 0 Å². The fraction of sp³-hybridized carbons (Fsp3) is 0.368. The van der Waals surface area contributed by atoms with Crippen molar-refractivity contribution in [2.45, 2.75) is 45.2 Å². The first kappa shape index (κ1) is 15.3. The quantitative estimate of drug-likeness (QED) is 0.783. The van der Waals surface area contributed by atoms with E-state index in [0.717, 1.165) is 35.4 Å². The van der Waals surface area contributed by atoms with Gasteiger partial charge in [0.25, 0.3) is 0 Å². The van der Waals surface area contributed by atoms with Gasteiger partial charge in [0.05, 0.1) is 12.7 Å². The number of fused-ring (bicyclic) bond motifs is 3. The molecule has 1 aromatic carbocycles. The molecule has 3 heterocycles. The smallest absolute Gasteiger partial charge is 0.229 e. The zero-order chi connectivity index (χ0) is 17.5. The molecule has 2 aromatic heterocycles. The van der Waals surface area contributed by atoms with E-state index < -0.39 is 0 Å². The predicted molar refractivity (Wildman–Crippen MR) is 99.8 cm³/mol. The van der Waals surface area contributed by atoms with Crippen LogP contribution in [0.25, 0.3) is 5.69 Å². The van der Waals surface area contributed by atoms with Gasteiger partial charge in [-0.25, -0.2) is 4.98 Å². The van der Waals surface area contributed by atoms with Crippen molar-refractivity contribution in [1.82, 2.24) is 24.7 Å². The van der Waals surface area contributed by atoms with Crippen LogP contribution in [-0.2, 0) is 6.54 Å². The first-order valence-electron chi connectivity index (χ1n) is 9.16. The summed E-state index contributed by atoms with van der Waals surface area (Å²) in [4.78, 5) is 11.8. The molecular weight excluding hydrogens is 326 g/mol. The Morgan fingerprint density at radius 3 is 2.69 bits per heavy atom. The fourth-order valence-electron chi connectivity index (χ4n) is 4.01. The zero-order valence-electron chi connectivity index (χ0n) is 14.8. The van der Waals surface area contributed by atoms with Crippen LogP contribution in [0.1, 0.15) is 37.3 Å². The second-order valence-corrected chi connectivity index (χ2v) is 6.96. The Morgan fingerprint density at radius 1 is 1.08 bits per heavy atom. The van der Waals surface area contributed by atoms with Crippen molar-refractivity contribution in [3.63, 3.8) is 0 Å². The summed E-state index contributed by atoms with van der Waals surface area (Å²) in [7, 11) is 0. The summed E-state index contributed by atoms with van der Waals surface area (Å²) >= 11 is 0. The molecule has 0 radical (unpaired) electrons. The van der Waals surface area contributed by atoms with Crippen molar-refractivity contribution in [3.05, 3.63) is 48.2 Å². The molecule has 0 atom stereocenters. The van der Waals surface area contributed by atoms with Gasteiger partial charge in [0.15, 0.2) is 11.6 Å². The van der Waals surface area contributed by atoms with Gasteiger partial charge in [0.1, 0.15) is 11.5 Å². The van der Waals surface area contributed by atoms with E-state index in [4.69, 9.17) is 4.98 Å². The lowest BCUT2D eigenvalue weighted by atomic mass is 10.1. The summed E-state index contributed by atoms with van der Waals surface area (Å²) in [6, 6.07) is 10.5. The standard InChI is InChI=1S/C19H21N7/c1-13-23-24-17-12-25(15-9-5-6-10-15)18-16(26(13)17)11-20-19(22-18)21-14-7-3-2-4-8-14/h2-4,7-8,11,15H,5-6,9-10,12H2,1H3,(H,20,21,22). The number of nitrogens with one attached hydrogen (secondary N) is 1. The molecule has 0 unspecified atom stereocenters. The molecule has 7 heteroatoms. The lowest BCUT2D eigenvalue weighted by molar-refractivity contribution is 0.566. The Morgan fingerprint density at radius 2 is 1.88 bits per heavy atom. The molecule has 0 amide bonds. The Kier molecular flexibility index (Phi) is 3.58. The molecule has 2 aliphatic rings. The number of anilines is 3. The van der Waals surface area contributed by atoms with Crippen LogP contribution in [0, 0.1) is 6.92 Å². The highest BCUT2D eigenvalue weighted by Gasteiger charge is 2.33. The minimum Gasteiger partial charge on any atom is -0.344 e. The predicted octanol–water partition coefficient (Wildman–Crippen LogP) is 3.37. The Labute approximate surface area is 152 Å². The van der Waals surface area contributed by atoms with Gasteiger partial charge in [-0.2, -0.15) is 4.98 Å². The SMILES string of the molecule is Cc1nnc2n1-c1cnc(Nc3ccccc3)nc1N(C1CCCC1)C2. The summed E-state index contributed by atoms with van der Waals surface area (Å²) in [5, 5.41) is 11.9. The lowest BCUT2D eigenvalue weighted by Crippen LogP contribution is -2.38. The number of para-hydroxylation sites is 1. The van der Waals surface area contributed by atoms with Gasteiger partial charge in [-0.3, -0.25) is 4.57 Å². The molecule has 1 aliphatic carbocycles. The van der Waals surface area contributed by atoms with Gasteiger partial charge in [0.2, 0.25) is 5.95 Å². The topological polar surface area (TPSA) is 71.8 Å². The van der Waals surface area contributed by atoms with Crippen LogP contribution in [0.3, 0.4) is 0 Å². The summed E-state index contributed by atoms with van der Waals surface area (Å²) in [6.07, 6.45) is 6.86. The first-order chi connectivity index (χ1) is 12.8. The van der Waals surface area contributed by atoms with Crippen LogP contribution in [0.5, 0.6) is 0 Å². The van der Waals surface area contributed by atoms with Crippen LogP contribution >= 0.6 is 0 Å². The molecule has 132 valence electrons. The van der Waals surface area contributed by atoms with Gasteiger partial charge in [0, 0.05) is 11.7 Å². The van der Waals surface area contributed by atoms with Gasteiger partial charge in [-0.05, 0) is 31.9 Å². The molecule has 1 fully saturated rings. The van der Waals surface area contributed by atoms with Crippen LogP contribution in [0.2, 0.25) is 0 Å². The highest BCUT2D eigenvalue weighted by molar-refractivity contribution is 5.64. The highest BCUT2D eigenvalue weighted by Crippen LogP contribution is 2.36. The molecule has 0 spiro atoms. The fourth-order valence-corrected chi connectivity index (χ4v) is 4.01. The van der Waals surface area contributed by atoms with Crippen LogP contribution in [0.15, 0.2) is 36.5 Å². The maximum absolute atomic E-state index is 4.88. The first-order valence-corrected chi connectivity index (χ1v) is 9.16. The maximum Gasteiger partial charge on any atom is 0.229 e. The van der Waals surface area contributed by atoms with E-state index in [0.29, 0.717) is 12.0 Å². The second-order valence-electron chi connectivity index (χ2n) is 6.96. The Balaban J connectivity index is 1.58. The van der Waals surface area contributed by atoms with Crippen LogP contribution in [-0.4, -0.2) is 30.8 Å². The van der Waals surface area contributed by atoms with Crippen molar-refractivity contribution in [2.24, 2.45) is 0 Å². The minimum atomic E-state index is 0.513. The molecule has 26 heavy (non-hydrogen) atoms. The van der Waals surface area contributed by atoms with Gasteiger partial charge in [-0.15, -0.1) is 10.2 Å². The van der Waals surface area contributed by atoms with E-state index in [1.165, 1.54) is 25.7 Å². The largest absolute Gasteiger partial charge is 0.344 e. The van der Waals surface area contributed by atoms with Crippen LogP contribution in [0.4, 0.5) is 17.5 Å². The van der Waals surface area contributed by atoms with Gasteiger partial charge in [-0.1, -0.05) is 31.0 Å². The molecule has 1 saturated carbocycles. The zero-order valence-corrected chi connectivity index (χ0v) is 14.8. The third kappa shape index (κ3) is 2.51. The molecule has 5 rings (SSSR count). The summed E-state index contributed by atoms with van der Waals surface area (Å²) < 4.78 is 2.08.